The highest BCUT2D eigenvalue weighted by Crippen LogP contribution is 2.14. The minimum absolute atomic E-state index is 0.266. The van der Waals surface area contributed by atoms with Gasteiger partial charge in [-0.3, -0.25) is 9.69 Å². The summed E-state index contributed by atoms with van der Waals surface area (Å²) in [7, 11) is 3.45. The highest BCUT2D eigenvalue weighted by atomic mass is 32.1. The van der Waals surface area contributed by atoms with Gasteiger partial charge in [0.05, 0.1) is 6.26 Å². The van der Waals surface area contributed by atoms with E-state index in [4.69, 9.17) is 16.6 Å². The number of carbonyl (C=O) groups is 1. The van der Waals surface area contributed by atoms with Crippen LogP contribution in [-0.2, 0) is 0 Å². The molecule has 0 unspecified atom stereocenters. The van der Waals surface area contributed by atoms with Gasteiger partial charge in [-0.2, -0.15) is 0 Å². The summed E-state index contributed by atoms with van der Waals surface area (Å²) in [5.74, 6) is 0.00379. The summed E-state index contributed by atoms with van der Waals surface area (Å²) >= 11 is 5.32. The lowest BCUT2D eigenvalue weighted by Crippen LogP contribution is -2.42. The average molecular weight is 274 g/mol. The van der Waals surface area contributed by atoms with Crippen LogP contribution in [0.5, 0.6) is 0 Å². The van der Waals surface area contributed by atoms with E-state index in [1.807, 2.05) is 37.4 Å². The first-order valence-corrected chi connectivity index (χ1v) is 6.16. The molecule has 98 valence electrons. The highest BCUT2D eigenvalue weighted by Gasteiger charge is 2.21. The minimum Gasteiger partial charge on any atom is -0.459 e. The second kappa shape index (κ2) is 5.67. The van der Waals surface area contributed by atoms with Gasteiger partial charge in [-0.25, -0.2) is 0 Å². The van der Waals surface area contributed by atoms with E-state index in [9.17, 15) is 4.79 Å². The fourth-order valence-electron chi connectivity index (χ4n) is 1.64. The number of anilines is 1. The first kappa shape index (κ1) is 13.3. The molecule has 0 spiro atoms. The van der Waals surface area contributed by atoms with Crippen molar-refractivity contribution in [2.24, 2.45) is 0 Å². The zero-order valence-electron chi connectivity index (χ0n) is 10.7. The summed E-state index contributed by atoms with van der Waals surface area (Å²) in [6.45, 7) is 0. The maximum Gasteiger partial charge on any atom is 0.295 e. The Labute approximate surface area is 117 Å². The van der Waals surface area contributed by atoms with Gasteiger partial charge < -0.3 is 9.32 Å². The quantitative estimate of drug-likeness (QED) is 0.789. The number of carbonyl (C=O) groups excluding carboxylic acids is 1. The normalized spacial score (nSPS) is 10.0. The Balaban J connectivity index is 2.13. The number of benzene rings is 1. The van der Waals surface area contributed by atoms with Gasteiger partial charge in [0.1, 0.15) is 0 Å². The Morgan fingerprint density at radius 2 is 1.79 bits per heavy atom. The fraction of sp³-hybridized carbons (Fsp3) is 0.143. The predicted molar refractivity (Wildman–Crippen MR) is 78.2 cm³/mol. The lowest BCUT2D eigenvalue weighted by molar-refractivity contribution is 0.0841. The van der Waals surface area contributed by atoms with Crippen LogP contribution in [0, 0.1) is 0 Å². The highest BCUT2D eigenvalue weighted by molar-refractivity contribution is 7.80. The summed E-state index contributed by atoms with van der Waals surface area (Å²) in [4.78, 5) is 15.3. The van der Waals surface area contributed by atoms with Crippen LogP contribution in [0.15, 0.2) is 53.1 Å². The number of para-hydroxylation sites is 1. The van der Waals surface area contributed by atoms with Crippen molar-refractivity contribution in [2.45, 2.75) is 0 Å². The smallest absolute Gasteiger partial charge is 0.295 e. The van der Waals surface area contributed by atoms with Crippen LogP contribution >= 0.6 is 12.2 Å². The Hall–Kier alpha value is -2.14. The van der Waals surface area contributed by atoms with E-state index in [0.29, 0.717) is 5.11 Å². The molecule has 1 heterocycles. The van der Waals surface area contributed by atoms with Crippen molar-refractivity contribution in [3.8, 4) is 0 Å². The molecule has 2 rings (SSSR count). The van der Waals surface area contributed by atoms with E-state index >= 15 is 0 Å². The van der Waals surface area contributed by atoms with Gasteiger partial charge in [-0.15, -0.1) is 0 Å². The molecule has 0 fully saturated rings. The Morgan fingerprint density at radius 1 is 1.11 bits per heavy atom. The molecule has 0 saturated heterocycles. The molecule has 0 saturated carbocycles. The molecule has 0 radical (unpaired) electrons. The van der Waals surface area contributed by atoms with Crippen molar-refractivity contribution in [2.75, 3.05) is 19.0 Å². The SMILES string of the molecule is CN(C(=O)c1ccco1)C(=S)N(C)c1ccccc1. The Kier molecular flexibility index (Phi) is 3.97. The zero-order chi connectivity index (χ0) is 13.8. The van der Waals surface area contributed by atoms with E-state index < -0.39 is 0 Å². The molecule has 1 amide bonds. The zero-order valence-corrected chi connectivity index (χ0v) is 11.6. The maximum atomic E-state index is 12.1. The van der Waals surface area contributed by atoms with E-state index in [2.05, 4.69) is 0 Å². The van der Waals surface area contributed by atoms with Gasteiger partial charge in [-0.05, 0) is 36.5 Å². The topological polar surface area (TPSA) is 36.7 Å². The second-order valence-electron chi connectivity index (χ2n) is 4.02. The molecule has 2 aromatic rings. The molecule has 5 heteroatoms. The number of nitrogens with zero attached hydrogens (tertiary/aromatic N) is 2. The molecule has 1 aromatic carbocycles. The van der Waals surface area contributed by atoms with Crippen LogP contribution in [-0.4, -0.2) is 30.0 Å². The molecular weight excluding hydrogens is 260 g/mol. The third-order valence-electron chi connectivity index (χ3n) is 2.75. The molecule has 0 aliphatic heterocycles. The van der Waals surface area contributed by atoms with Crippen LogP contribution in [0.2, 0.25) is 0 Å². The molecular formula is C14H14N2O2S. The van der Waals surface area contributed by atoms with E-state index in [1.165, 1.54) is 11.2 Å². The number of amides is 1. The summed E-state index contributed by atoms with van der Waals surface area (Å²) in [5, 5.41) is 0.410. The van der Waals surface area contributed by atoms with Crippen LogP contribution in [0.3, 0.4) is 0 Å². The molecule has 4 nitrogen and oxygen atoms in total. The van der Waals surface area contributed by atoms with Gasteiger partial charge in [-0.1, -0.05) is 18.2 Å². The molecule has 0 atom stereocenters. The minimum atomic E-state index is -0.266. The summed E-state index contributed by atoms with van der Waals surface area (Å²) in [5.41, 5.74) is 0.923. The van der Waals surface area contributed by atoms with Crippen LogP contribution in [0.1, 0.15) is 10.6 Å². The van der Waals surface area contributed by atoms with E-state index in [0.717, 1.165) is 5.69 Å². The largest absolute Gasteiger partial charge is 0.459 e. The summed E-state index contributed by atoms with van der Waals surface area (Å²) < 4.78 is 5.08. The van der Waals surface area contributed by atoms with Gasteiger partial charge in [0.2, 0.25) is 0 Å². The number of rotatable bonds is 2. The van der Waals surface area contributed by atoms with Crippen LogP contribution in [0.25, 0.3) is 0 Å². The first-order chi connectivity index (χ1) is 9.11. The predicted octanol–water partition coefficient (Wildman–Crippen LogP) is 2.77. The Bertz CT molecular complexity index is 566. The maximum absolute atomic E-state index is 12.1. The molecule has 1 aromatic heterocycles. The fourth-order valence-corrected chi connectivity index (χ4v) is 1.83. The lowest BCUT2D eigenvalue weighted by Gasteiger charge is -2.26. The van der Waals surface area contributed by atoms with Gasteiger partial charge in [0.15, 0.2) is 10.9 Å². The van der Waals surface area contributed by atoms with Crippen molar-refractivity contribution >= 4 is 28.9 Å². The molecule has 0 bridgehead atoms. The standard InChI is InChI=1S/C14H14N2O2S/c1-15(11-7-4-3-5-8-11)14(19)16(2)13(17)12-9-6-10-18-12/h3-10H,1-2H3. The third kappa shape index (κ3) is 2.82. The first-order valence-electron chi connectivity index (χ1n) is 5.75. The average Bonchev–Trinajstić information content (AvgIpc) is 2.99. The monoisotopic (exact) mass is 274 g/mol. The Morgan fingerprint density at radius 3 is 2.37 bits per heavy atom. The third-order valence-corrected chi connectivity index (χ3v) is 3.30. The molecule has 0 aliphatic rings. The lowest BCUT2D eigenvalue weighted by atomic mass is 10.3. The van der Waals surface area contributed by atoms with Crippen LogP contribution in [0.4, 0.5) is 5.69 Å². The van der Waals surface area contributed by atoms with Crippen molar-refractivity contribution in [3.05, 3.63) is 54.5 Å². The van der Waals surface area contributed by atoms with Crippen molar-refractivity contribution in [1.82, 2.24) is 4.90 Å². The van der Waals surface area contributed by atoms with E-state index in [1.54, 1.807) is 24.1 Å². The molecule has 0 aliphatic carbocycles. The molecule has 0 N–H and O–H groups in total. The van der Waals surface area contributed by atoms with Gasteiger partial charge in [0.25, 0.3) is 5.91 Å². The van der Waals surface area contributed by atoms with Crippen molar-refractivity contribution in [3.63, 3.8) is 0 Å². The summed E-state index contributed by atoms with van der Waals surface area (Å²) in [6.07, 6.45) is 1.46. The summed E-state index contributed by atoms with van der Waals surface area (Å²) in [6, 6.07) is 12.9. The van der Waals surface area contributed by atoms with Gasteiger partial charge >= 0.3 is 0 Å². The van der Waals surface area contributed by atoms with Crippen LogP contribution < -0.4 is 4.90 Å². The molecule has 19 heavy (non-hydrogen) atoms. The number of hydrogen-bond donors (Lipinski definition) is 0. The van der Waals surface area contributed by atoms with Crippen molar-refractivity contribution < 1.29 is 9.21 Å². The second-order valence-corrected chi connectivity index (χ2v) is 4.38. The van der Waals surface area contributed by atoms with Crippen molar-refractivity contribution in [1.29, 1.82) is 0 Å². The van der Waals surface area contributed by atoms with Gasteiger partial charge in [0, 0.05) is 19.8 Å². The number of thiocarbonyl (C=S) groups is 1. The van der Waals surface area contributed by atoms with E-state index in [-0.39, 0.29) is 11.7 Å². The number of hydrogen-bond acceptors (Lipinski definition) is 3. The number of furan rings is 1.